The molecule has 1 heterocycles. The monoisotopic (exact) mass is 257 g/mol. The van der Waals surface area contributed by atoms with E-state index < -0.39 is 8.07 Å². The number of aromatic nitrogens is 1. The first-order chi connectivity index (χ1) is 8.37. The van der Waals surface area contributed by atoms with Crippen LogP contribution in [-0.4, -0.2) is 13.1 Å². The second-order valence-corrected chi connectivity index (χ2v) is 10.2. The van der Waals surface area contributed by atoms with Gasteiger partial charge >= 0.3 is 0 Å². The molecule has 1 atom stereocenters. The summed E-state index contributed by atoms with van der Waals surface area (Å²) < 4.78 is 0. The van der Waals surface area contributed by atoms with Gasteiger partial charge in [-0.05, 0) is 44.4 Å². The molecule has 1 aromatic heterocycles. The molecule has 0 N–H and O–H groups in total. The van der Waals surface area contributed by atoms with E-state index in [1.807, 2.05) is 12.3 Å². The molecule has 2 rings (SSSR count). The van der Waals surface area contributed by atoms with Crippen molar-refractivity contribution in [3.8, 4) is 0 Å². The van der Waals surface area contributed by atoms with Crippen LogP contribution >= 0.6 is 0 Å². The minimum absolute atomic E-state index is 0.591. The van der Waals surface area contributed by atoms with Crippen molar-refractivity contribution < 1.29 is 0 Å². The van der Waals surface area contributed by atoms with Crippen molar-refractivity contribution in [3.63, 3.8) is 0 Å². The van der Waals surface area contributed by atoms with E-state index in [0.717, 1.165) is 0 Å². The van der Waals surface area contributed by atoms with Gasteiger partial charge in [0.1, 0.15) is 8.07 Å². The van der Waals surface area contributed by atoms with Crippen molar-refractivity contribution in [2.24, 2.45) is 5.92 Å². The Balaban J connectivity index is 2.51. The third kappa shape index (κ3) is 1.89. The van der Waals surface area contributed by atoms with Crippen LogP contribution in [0.15, 0.2) is 46.3 Å². The van der Waals surface area contributed by atoms with Crippen LogP contribution in [0.25, 0.3) is 0 Å². The average Bonchev–Trinajstić information content (AvgIpc) is 2.55. The van der Waals surface area contributed by atoms with Crippen LogP contribution in [0.2, 0.25) is 13.1 Å². The molecule has 0 aliphatic heterocycles. The van der Waals surface area contributed by atoms with Gasteiger partial charge in [-0.3, -0.25) is 4.98 Å². The fraction of sp³-hybridized carbons (Fsp3) is 0.438. The van der Waals surface area contributed by atoms with E-state index in [9.17, 15) is 0 Å². The van der Waals surface area contributed by atoms with Gasteiger partial charge in [0.15, 0.2) is 0 Å². The number of allylic oxidation sites excluding steroid dienone is 4. The molecule has 0 fully saturated rings. The maximum Gasteiger partial charge on any atom is 0.131 e. The fourth-order valence-electron chi connectivity index (χ4n) is 3.24. The van der Waals surface area contributed by atoms with Crippen LogP contribution in [0, 0.1) is 5.92 Å². The van der Waals surface area contributed by atoms with Gasteiger partial charge in [0.25, 0.3) is 0 Å². The number of hydrogen-bond acceptors (Lipinski definition) is 1. The SMILES string of the molecule is CC1=C(C)C(C)C([Si](C)(C)c2ccccn2)=C1C. The molecule has 1 unspecified atom stereocenters. The lowest BCUT2D eigenvalue weighted by Crippen LogP contribution is -2.47. The predicted octanol–water partition coefficient (Wildman–Crippen LogP) is 3.84. The highest BCUT2D eigenvalue weighted by atomic mass is 28.3. The number of pyridine rings is 1. The zero-order valence-corrected chi connectivity index (χ0v) is 13.3. The van der Waals surface area contributed by atoms with E-state index >= 15 is 0 Å². The Labute approximate surface area is 112 Å². The van der Waals surface area contributed by atoms with Crippen LogP contribution in [-0.2, 0) is 0 Å². The Hall–Kier alpha value is -1.15. The quantitative estimate of drug-likeness (QED) is 0.734. The van der Waals surface area contributed by atoms with Crippen molar-refractivity contribution in [3.05, 3.63) is 46.3 Å². The van der Waals surface area contributed by atoms with E-state index in [0.29, 0.717) is 5.92 Å². The van der Waals surface area contributed by atoms with Crippen molar-refractivity contribution in [2.45, 2.75) is 40.8 Å². The number of nitrogens with zero attached hydrogens (tertiary/aromatic N) is 1. The highest BCUT2D eigenvalue weighted by Crippen LogP contribution is 2.40. The Morgan fingerprint density at radius 1 is 1.06 bits per heavy atom. The number of hydrogen-bond donors (Lipinski definition) is 0. The summed E-state index contributed by atoms with van der Waals surface area (Å²) in [6.07, 6.45) is 1.92. The van der Waals surface area contributed by atoms with Gasteiger partial charge in [-0.2, -0.15) is 0 Å². The summed E-state index contributed by atoms with van der Waals surface area (Å²) in [4.78, 5) is 4.62. The molecule has 0 radical (unpaired) electrons. The van der Waals surface area contributed by atoms with Gasteiger partial charge in [-0.15, -0.1) is 0 Å². The summed E-state index contributed by atoms with van der Waals surface area (Å²) in [7, 11) is -1.63. The average molecular weight is 257 g/mol. The van der Waals surface area contributed by atoms with E-state index in [1.165, 1.54) is 16.5 Å². The van der Waals surface area contributed by atoms with Crippen molar-refractivity contribution in [1.29, 1.82) is 0 Å². The molecule has 0 saturated carbocycles. The molecule has 0 amide bonds. The van der Waals surface area contributed by atoms with E-state index in [4.69, 9.17) is 0 Å². The Morgan fingerprint density at radius 3 is 2.17 bits per heavy atom. The van der Waals surface area contributed by atoms with Crippen LogP contribution in [0.1, 0.15) is 27.7 Å². The molecule has 0 spiro atoms. The van der Waals surface area contributed by atoms with Crippen molar-refractivity contribution in [1.82, 2.24) is 4.98 Å². The molecule has 0 bridgehead atoms. The number of rotatable bonds is 2. The van der Waals surface area contributed by atoms with Crippen molar-refractivity contribution in [2.75, 3.05) is 0 Å². The lowest BCUT2D eigenvalue weighted by atomic mass is 10.1. The predicted molar refractivity (Wildman–Crippen MR) is 81.6 cm³/mol. The zero-order valence-electron chi connectivity index (χ0n) is 12.3. The summed E-state index contributed by atoms with van der Waals surface area (Å²) >= 11 is 0. The molecule has 1 aromatic rings. The topological polar surface area (TPSA) is 12.9 Å². The van der Waals surface area contributed by atoms with Crippen LogP contribution in [0.3, 0.4) is 0 Å². The molecule has 0 aromatic carbocycles. The van der Waals surface area contributed by atoms with E-state index in [1.54, 1.807) is 10.8 Å². The Morgan fingerprint density at radius 2 is 1.72 bits per heavy atom. The molecule has 1 nitrogen and oxygen atoms in total. The first-order valence-corrected chi connectivity index (χ1v) is 9.68. The molecular weight excluding hydrogens is 234 g/mol. The van der Waals surface area contributed by atoms with Gasteiger partial charge in [0, 0.05) is 11.5 Å². The summed E-state index contributed by atoms with van der Waals surface area (Å²) in [6, 6.07) is 6.31. The van der Waals surface area contributed by atoms with Gasteiger partial charge in [-0.1, -0.05) is 42.4 Å². The van der Waals surface area contributed by atoms with Gasteiger partial charge in [-0.25, -0.2) is 0 Å². The van der Waals surface area contributed by atoms with Crippen LogP contribution in [0.4, 0.5) is 0 Å². The van der Waals surface area contributed by atoms with Gasteiger partial charge in [0.05, 0.1) is 0 Å². The van der Waals surface area contributed by atoms with Crippen molar-refractivity contribution >= 4 is 13.4 Å². The first kappa shape index (κ1) is 13.3. The Kier molecular flexibility index (Phi) is 3.32. The molecule has 1 aliphatic carbocycles. The van der Waals surface area contributed by atoms with E-state index in [-0.39, 0.29) is 0 Å². The molecule has 2 heteroatoms. The summed E-state index contributed by atoms with van der Waals surface area (Å²) in [5.41, 5.74) is 4.55. The fourth-order valence-corrected chi connectivity index (χ4v) is 6.85. The summed E-state index contributed by atoms with van der Waals surface area (Å²) in [5, 5.41) is 2.96. The van der Waals surface area contributed by atoms with Crippen LogP contribution in [0.5, 0.6) is 0 Å². The van der Waals surface area contributed by atoms with E-state index in [2.05, 4.69) is 57.9 Å². The van der Waals surface area contributed by atoms with Gasteiger partial charge in [0.2, 0.25) is 0 Å². The maximum absolute atomic E-state index is 4.62. The highest BCUT2D eigenvalue weighted by Gasteiger charge is 2.38. The highest BCUT2D eigenvalue weighted by molar-refractivity contribution is 6.95. The smallest absolute Gasteiger partial charge is 0.131 e. The standard InChI is InChI=1S/C16H23NSi/c1-11-12(2)14(4)16(13(11)3)18(5,6)15-9-7-8-10-17-15/h7-10,13H,1-6H3. The maximum atomic E-state index is 4.62. The second-order valence-electron chi connectivity index (χ2n) is 5.91. The third-order valence-corrected chi connectivity index (χ3v) is 8.35. The largest absolute Gasteiger partial charge is 0.266 e. The first-order valence-electron chi connectivity index (χ1n) is 6.68. The molecular formula is C16H23NSi. The zero-order chi connectivity index (χ0) is 13.5. The molecule has 96 valence electrons. The lowest BCUT2D eigenvalue weighted by molar-refractivity contribution is 0.849. The summed E-state index contributed by atoms with van der Waals surface area (Å²) in [5.74, 6) is 0.591. The molecule has 18 heavy (non-hydrogen) atoms. The third-order valence-electron chi connectivity index (χ3n) is 4.62. The second kappa shape index (κ2) is 4.50. The minimum Gasteiger partial charge on any atom is -0.266 e. The van der Waals surface area contributed by atoms with Crippen LogP contribution < -0.4 is 5.32 Å². The molecule has 0 saturated heterocycles. The summed E-state index contributed by atoms with van der Waals surface area (Å²) in [6.45, 7) is 14.0. The minimum atomic E-state index is -1.63. The Bertz CT molecular complexity index is 523. The van der Waals surface area contributed by atoms with Gasteiger partial charge < -0.3 is 0 Å². The normalized spacial score (nSPS) is 20.9. The lowest BCUT2D eigenvalue weighted by Gasteiger charge is -2.28. The molecule has 1 aliphatic rings.